The third kappa shape index (κ3) is 1.36. The zero-order valence-corrected chi connectivity index (χ0v) is 7.13. The number of nitrogens with one attached hydrogen (secondary N) is 2. The van der Waals surface area contributed by atoms with Crippen molar-refractivity contribution in [3.63, 3.8) is 0 Å². The van der Waals surface area contributed by atoms with Crippen LogP contribution in [0, 0.1) is 0 Å². The Kier molecular flexibility index (Phi) is 1.90. The summed E-state index contributed by atoms with van der Waals surface area (Å²) in [6.07, 6.45) is 0. The first-order valence-corrected chi connectivity index (χ1v) is 4.17. The van der Waals surface area contributed by atoms with Crippen molar-refractivity contribution in [1.82, 2.24) is 0 Å². The first kappa shape index (κ1) is 8.07. The van der Waals surface area contributed by atoms with Crippen molar-refractivity contribution in [2.75, 3.05) is 17.2 Å². The van der Waals surface area contributed by atoms with E-state index >= 15 is 0 Å². The number of carbonyl (C=O) groups excluding carboxylic acids is 1. The highest BCUT2D eigenvalue weighted by molar-refractivity contribution is 6.01. The summed E-state index contributed by atoms with van der Waals surface area (Å²) in [6, 6.07) is 5.76. The van der Waals surface area contributed by atoms with Crippen LogP contribution in [0.5, 0.6) is 0 Å². The highest BCUT2D eigenvalue weighted by atomic mass is 16.2. The fourth-order valence-corrected chi connectivity index (χ4v) is 1.42. The van der Waals surface area contributed by atoms with E-state index in [9.17, 15) is 4.79 Å². The second kappa shape index (κ2) is 3.06. The van der Waals surface area contributed by atoms with Crippen molar-refractivity contribution >= 4 is 17.3 Å². The molecule has 4 nitrogen and oxygen atoms in total. The zero-order chi connectivity index (χ0) is 9.26. The van der Waals surface area contributed by atoms with Crippen LogP contribution in [-0.2, 0) is 11.3 Å². The molecule has 0 aliphatic carbocycles. The van der Waals surface area contributed by atoms with Gasteiger partial charge in [0.1, 0.15) is 0 Å². The molecule has 0 bridgehead atoms. The standard InChI is InChI=1S/C9H11N3O/c10-4-6-2-1-3-7-9(6)12-8(13)5-11-7/h1-3,11H,4-5,10H2,(H,12,13). The molecule has 1 aliphatic rings. The normalized spacial score (nSPS) is 14.4. The van der Waals surface area contributed by atoms with Gasteiger partial charge in [-0.05, 0) is 11.6 Å². The van der Waals surface area contributed by atoms with E-state index in [-0.39, 0.29) is 5.91 Å². The van der Waals surface area contributed by atoms with E-state index in [1.807, 2.05) is 18.2 Å². The number of amides is 1. The summed E-state index contributed by atoms with van der Waals surface area (Å²) in [5, 5.41) is 5.82. The predicted molar refractivity (Wildman–Crippen MR) is 51.5 cm³/mol. The van der Waals surface area contributed by atoms with Gasteiger partial charge in [0, 0.05) is 6.54 Å². The van der Waals surface area contributed by atoms with Gasteiger partial charge in [0.15, 0.2) is 0 Å². The zero-order valence-electron chi connectivity index (χ0n) is 7.13. The number of nitrogens with two attached hydrogens (primary N) is 1. The molecule has 4 N–H and O–H groups in total. The molecule has 1 heterocycles. The van der Waals surface area contributed by atoms with Crippen molar-refractivity contribution in [2.24, 2.45) is 5.73 Å². The maximum absolute atomic E-state index is 11.1. The summed E-state index contributed by atoms with van der Waals surface area (Å²) in [5.41, 5.74) is 8.26. The summed E-state index contributed by atoms with van der Waals surface area (Å²) >= 11 is 0. The van der Waals surface area contributed by atoms with Gasteiger partial charge < -0.3 is 16.4 Å². The summed E-state index contributed by atoms with van der Waals surface area (Å²) < 4.78 is 0. The fourth-order valence-electron chi connectivity index (χ4n) is 1.42. The fraction of sp³-hybridized carbons (Fsp3) is 0.222. The maximum Gasteiger partial charge on any atom is 0.243 e. The maximum atomic E-state index is 11.1. The molecule has 4 heteroatoms. The summed E-state index contributed by atoms with van der Waals surface area (Å²) in [7, 11) is 0. The van der Waals surface area contributed by atoms with Gasteiger partial charge in [-0.1, -0.05) is 12.1 Å². The van der Waals surface area contributed by atoms with Crippen molar-refractivity contribution < 1.29 is 4.79 Å². The van der Waals surface area contributed by atoms with Crippen LogP contribution in [0.1, 0.15) is 5.56 Å². The quantitative estimate of drug-likeness (QED) is 0.585. The minimum atomic E-state index is -0.0200. The number of hydrogen-bond donors (Lipinski definition) is 3. The Balaban J connectivity index is 2.46. The molecular weight excluding hydrogens is 166 g/mol. The number of fused-ring (bicyclic) bond motifs is 1. The van der Waals surface area contributed by atoms with Crippen LogP contribution >= 0.6 is 0 Å². The van der Waals surface area contributed by atoms with Gasteiger partial charge >= 0.3 is 0 Å². The molecule has 0 radical (unpaired) electrons. The largest absolute Gasteiger partial charge is 0.374 e. The van der Waals surface area contributed by atoms with E-state index in [0.29, 0.717) is 13.1 Å². The molecule has 0 aromatic heterocycles. The van der Waals surface area contributed by atoms with Gasteiger partial charge in [-0.15, -0.1) is 0 Å². The smallest absolute Gasteiger partial charge is 0.243 e. The van der Waals surface area contributed by atoms with E-state index in [1.165, 1.54) is 0 Å². The number of para-hydroxylation sites is 1. The number of benzene rings is 1. The highest BCUT2D eigenvalue weighted by Crippen LogP contribution is 2.27. The van der Waals surface area contributed by atoms with Crippen molar-refractivity contribution in [3.05, 3.63) is 23.8 Å². The highest BCUT2D eigenvalue weighted by Gasteiger charge is 2.15. The molecule has 1 amide bonds. The Bertz CT molecular complexity index is 334. The van der Waals surface area contributed by atoms with Crippen LogP contribution in [0.4, 0.5) is 11.4 Å². The van der Waals surface area contributed by atoms with E-state index in [0.717, 1.165) is 16.9 Å². The third-order valence-electron chi connectivity index (χ3n) is 2.07. The summed E-state index contributed by atoms with van der Waals surface area (Å²) in [4.78, 5) is 11.1. The van der Waals surface area contributed by atoms with Gasteiger partial charge in [0.2, 0.25) is 5.91 Å². The Morgan fingerprint density at radius 2 is 2.31 bits per heavy atom. The number of rotatable bonds is 1. The molecule has 0 saturated heterocycles. The minimum Gasteiger partial charge on any atom is -0.374 e. The van der Waals surface area contributed by atoms with E-state index in [1.54, 1.807) is 0 Å². The molecule has 0 unspecified atom stereocenters. The average molecular weight is 177 g/mol. The Labute approximate surface area is 76.1 Å². The molecule has 2 rings (SSSR count). The lowest BCUT2D eigenvalue weighted by Gasteiger charge is -2.20. The van der Waals surface area contributed by atoms with Gasteiger partial charge in [-0.3, -0.25) is 4.79 Å². The van der Waals surface area contributed by atoms with E-state index in [2.05, 4.69) is 10.6 Å². The third-order valence-corrected chi connectivity index (χ3v) is 2.07. The molecular formula is C9H11N3O. The molecule has 1 aromatic rings. The molecule has 0 fully saturated rings. The first-order valence-electron chi connectivity index (χ1n) is 4.17. The van der Waals surface area contributed by atoms with Crippen LogP contribution in [-0.4, -0.2) is 12.5 Å². The topological polar surface area (TPSA) is 67.1 Å². The second-order valence-electron chi connectivity index (χ2n) is 2.95. The van der Waals surface area contributed by atoms with Gasteiger partial charge in [-0.2, -0.15) is 0 Å². The summed E-state index contributed by atoms with van der Waals surface area (Å²) in [6.45, 7) is 0.770. The van der Waals surface area contributed by atoms with Crippen molar-refractivity contribution in [2.45, 2.75) is 6.54 Å². The van der Waals surface area contributed by atoms with Crippen LogP contribution in [0.15, 0.2) is 18.2 Å². The Morgan fingerprint density at radius 3 is 3.08 bits per heavy atom. The lowest BCUT2D eigenvalue weighted by Crippen LogP contribution is -2.28. The number of hydrogen-bond acceptors (Lipinski definition) is 3. The number of carbonyl (C=O) groups is 1. The molecule has 0 atom stereocenters. The lowest BCUT2D eigenvalue weighted by atomic mass is 10.1. The van der Waals surface area contributed by atoms with Crippen molar-refractivity contribution in [1.29, 1.82) is 0 Å². The molecule has 1 aliphatic heterocycles. The van der Waals surface area contributed by atoms with E-state index in [4.69, 9.17) is 5.73 Å². The monoisotopic (exact) mass is 177 g/mol. The van der Waals surface area contributed by atoms with Crippen LogP contribution in [0.25, 0.3) is 0 Å². The van der Waals surface area contributed by atoms with Gasteiger partial charge in [0.05, 0.1) is 17.9 Å². The molecule has 68 valence electrons. The lowest BCUT2D eigenvalue weighted by molar-refractivity contribution is -0.114. The van der Waals surface area contributed by atoms with Gasteiger partial charge in [-0.25, -0.2) is 0 Å². The minimum absolute atomic E-state index is 0.0200. The number of anilines is 2. The molecule has 0 spiro atoms. The average Bonchev–Trinajstić information content (AvgIpc) is 2.17. The predicted octanol–water partition coefficient (Wildman–Crippen LogP) is 0.509. The Morgan fingerprint density at radius 1 is 1.46 bits per heavy atom. The van der Waals surface area contributed by atoms with Crippen LogP contribution < -0.4 is 16.4 Å². The molecule has 0 saturated carbocycles. The van der Waals surface area contributed by atoms with Crippen molar-refractivity contribution in [3.8, 4) is 0 Å². The van der Waals surface area contributed by atoms with Crippen LogP contribution in [0.2, 0.25) is 0 Å². The van der Waals surface area contributed by atoms with E-state index < -0.39 is 0 Å². The van der Waals surface area contributed by atoms with Crippen LogP contribution in [0.3, 0.4) is 0 Å². The second-order valence-corrected chi connectivity index (χ2v) is 2.95. The molecule has 13 heavy (non-hydrogen) atoms. The summed E-state index contributed by atoms with van der Waals surface area (Å²) in [5.74, 6) is -0.0200. The SMILES string of the molecule is NCc1cccc2c1NC(=O)CN2. The Hall–Kier alpha value is -1.55. The molecule has 1 aromatic carbocycles. The van der Waals surface area contributed by atoms with Gasteiger partial charge in [0.25, 0.3) is 0 Å². The first-order chi connectivity index (χ1) is 6.31.